The maximum absolute atomic E-state index is 12.5. The van der Waals surface area contributed by atoms with Crippen molar-refractivity contribution < 1.29 is 12.6 Å². The van der Waals surface area contributed by atoms with Crippen LogP contribution >= 0.6 is 0 Å². The number of para-hydroxylation sites is 1. The highest BCUT2D eigenvalue weighted by Crippen LogP contribution is 2.27. The van der Waals surface area contributed by atoms with Crippen LogP contribution in [0.1, 0.15) is 11.1 Å². The molecule has 0 saturated heterocycles. The Labute approximate surface area is 133 Å². The van der Waals surface area contributed by atoms with Gasteiger partial charge in [0.15, 0.2) is 5.75 Å². The Morgan fingerprint density at radius 1 is 1.13 bits per heavy atom. The third-order valence-corrected chi connectivity index (χ3v) is 4.76. The van der Waals surface area contributed by atoms with E-state index in [4.69, 9.17) is 9.44 Å². The minimum atomic E-state index is -4.01. The topological polar surface area (TPSA) is 80.0 Å². The fraction of sp³-hybridized carbons (Fsp3) is 0.0588. The second-order valence-electron chi connectivity index (χ2n) is 4.96. The van der Waals surface area contributed by atoms with Gasteiger partial charge in [0.25, 0.3) is 0 Å². The lowest BCUT2D eigenvalue weighted by Gasteiger charge is -2.11. The summed E-state index contributed by atoms with van der Waals surface area (Å²) in [6.45, 7) is 1.62. The predicted octanol–water partition coefficient (Wildman–Crippen LogP) is 3.18. The lowest BCUT2D eigenvalue weighted by Crippen LogP contribution is -2.11. The van der Waals surface area contributed by atoms with Gasteiger partial charge in [0.2, 0.25) is 0 Å². The van der Waals surface area contributed by atoms with Crippen molar-refractivity contribution in [2.75, 3.05) is 0 Å². The quantitative estimate of drug-likeness (QED) is 0.691. The van der Waals surface area contributed by atoms with Crippen LogP contribution in [-0.4, -0.2) is 13.4 Å². The Morgan fingerprint density at radius 3 is 2.65 bits per heavy atom. The molecule has 0 amide bonds. The first-order chi connectivity index (χ1) is 11.0. The van der Waals surface area contributed by atoms with Gasteiger partial charge in [-0.05, 0) is 42.8 Å². The zero-order chi connectivity index (χ0) is 16.4. The minimum Gasteiger partial charge on any atom is -0.377 e. The van der Waals surface area contributed by atoms with Crippen LogP contribution in [0, 0.1) is 18.3 Å². The Balaban J connectivity index is 2.06. The molecule has 0 aliphatic rings. The van der Waals surface area contributed by atoms with E-state index in [0.717, 1.165) is 5.39 Å². The molecular formula is C17H12N2O3S. The molecule has 0 bridgehead atoms. The highest BCUT2D eigenvalue weighted by atomic mass is 32.2. The van der Waals surface area contributed by atoms with E-state index in [0.29, 0.717) is 16.6 Å². The molecule has 1 heterocycles. The number of fused-ring (bicyclic) bond motifs is 1. The summed E-state index contributed by atoms with van der Waals surface area (Å²) in [5.41, 5.74) is 1.33. The van der Waals surface area contributed by atoms with Gasteiger partial charge in [-0.25, -0.2) is 0 Å². The maximum Gasteiger partial charge on any atom is 0.339 e. The van der Waals surface area contributed by atoms with Crippen LogP contribution in [0.25, 0.3) is 10.9 Å². The van der Waals surface area contributed by atoms with Gasteiger partial charge >= 0.3 is 10.1 Å². The Hall–Kier alpha value is -2.91. The highest BCUT2D eigenvalue weighted by molar-refractivity contribution is 7.87. The first-order valence-electron chi connectivity index (χ1n) is 6.80. The van der Waals surface area contributed by atoms with Gasteiger partial charge in [0, 0.05) is 11.6 Å². The van der Waals surface area contributed by atoms with Gasteiger partial charge in [0.05, 0.1) is 11.6 Å². The summed E-state index contributed by atoms with van der Waals surface area (Å²) in [5, 5.41) is 9.66. The molecule has 0 saturated carbocycles. The number of aromatic nitrogens is 1. The monoisotopic (exact) mass is 324 g/mol. The van der Waals surface area contributed by atoms with Crippen LogP contribution in [0.2, 0.25) is 0 Å². The van der Waals surface area contributed by atoms with Crippen LogP contribution in [-0.2, 0) is 10.1 Å². The largest absolute Gasteiger partial charge is 0.377 e. The average Bonchev–Trinajstić information content (AvgIpc) is 2.54. The van der Waals surface area contributed by atoms with E-state index < -0.39 is 10.1 Å². The molecule has 3 rings (SSSR count). The van der Waals surface area contributed by atoms with Crippen molar-refractivity contribution in [1.29, 1.82) is 5.26 Å². The third kappa shape index (κ3) is 2.87. The standard InChI is InChI=1S/C17H12N2O3S/c1-12-10-13(11-18)7-8-16(12)23(20,21)22-15-6-2-4-14-5-3-9-19-17(14)15/h2-10H,1H3. The van der Waals surface area contributed by atoms with Crippen LogP contribution in [0.5, 0.6) is 5.75 Å². The summed E-state index contributed by atoms with van der Waals surface area (Å²) in [6, 6.07) is 15.0. The molecule has 0 N–H and O–H groups in total. The summed E-state index contributed by atoms with van der Waals surface area (Å²) in [6.07, 6.45) is 1.58. The molecule has 0 spiro atoms. The molecule has 23 heavy (non-hydrogen) atoms. The summed E-state index contributed by atoms with van der Waals surface area (Å²) in [5.74, 6) is 0.173. The van der Waals surface area contributed by atoms with Crippen molar-refractivity contribution in [3.8, 4) is 11.8 Å². The molecule has 0 radical (unpaired) electrons. The number of hydrogen-bond donors (Lipinski definition) is 0. The van der Waals surface area contributed by atoms with Gasteiger partial charge in [-0.15, -0.1) is 0 Å². The van der Waals surface area contributed by atoms with Gasteiger partial charge in [-0.2, -0.15) is 13.7 Å². The fourth-order valence-electron chi connectivity index (χ4n) is 2.31. The van der Waals surface area contributed by atoms with E-state index >= 15 is 0 Å². The number of nitrogens with zero attached hydrogens (tertiary/aromatic N) is 2. The second kappa shape index (κ2) is 5.71. The van der Waals surface area contributed by atoms with E-state index in [2.05, 4.69) is 4.98 Å². The molecule has 3 aromatic rings. The number of hydrogen-bond acceptors (Lipinski definition) is 5. The van der Waals surface area contributed by atoms with Crippen molar-refractivity contribution in [1.82, 2.24) is 4.98 Å². The van der Waals surface area contributed by atoms with Crippen molar-refractivity contribution in [2.45, 2.75) is 11.8 Å². The van der Waals surface area contributed by atoms with Crippen LogP contribution in [0.3, 0.4) is 0 Å². The van der Waals surface area contributed by atoms with E-state index in [9.17, 15) is 8.42 Å². The SMILES string of the molecule is Cc1cc(C#N)ccc1S(=O)(=O)Oc1cccc2cccnc12. The molecular weight excluding hydrogens is 312 g/mol. The summed E-state index contributed by atoms with van der Waals surface area (Å²) < 4.78 is 30.3. The van der Waals surface area contributed by atoms with E-state index in [1.807, 2.05) is 18.2 Å². The number of nitriles is 1. The molecule has 0 fully saturated rings. The van der Waals surface area contributed by atoms with Crippen LogP contribution in [0.4, 0.5) is 0 Å². The molecule has 0 aliphatic carbocycles. The Kier molecular flexibility index (Phi) is 3.72. The first-order valence-corrected chi connectivity index (χ1v) is 8.21. The van der Waals surface area contributed by atoms with E-state index in [-0.39, 0.29) is 10.6 Å². The predicted molar refractivity (Wildman–Crippen MR) is 85.5 cm³/mol. The van der Waals surface area contributed by atoms with E-state index in [1.54, 1.807) is 31.3 Å². The molecule has 0 unspecified atom stereocenters. The Morgan fingerprint density at radius 2 is 1.91 bits per heavy atom. The van der Waals surface area contributed by atoms with Crippen LogP contribution in [0.15, 0.2) is 59.6 Å². The zero-order valence-corrected chi connectivity index (χ0v) is 13.0. The van der Waals surface area contributed by atoms with Gasteiger partial charge in [-0.3, -0.25) is 4.98 Å². The number of rotatable bonds is 3. The number of benzene rings is 2. The van der Waals surface area contributed by atoms with Gasteiger partial charge in [0.1, 0.15) is 10.4 Å². The molecule has 1 aromatic heterocycles. The van der Waals surface area contributed by atoms with Crippen molar-refractivity contribution >= 4 is 21.0 Å². The van der Waals surface area contributed by atoms with Crippen molar-refractivity contribution in [3.05, 3.63) is 65.9 Å². The summed E-state index contributed by atoms with van der Waals surface area (Å²) in [7, 11) is -4.01. The molecule has 114 valence electrons. The minimum absolute atomic E-state index is 0.0319. The maximum atomic E-state index is 12.5. The fourth-order valence-corrected chi connectivity index (χ4v) is 3.45. The average molecular weight is 324 g/mol. The lowest BCUT2D eigenvalue weighted by molar-refractivity contribution is 0.487. The molecule has 6 heteroatoms. The van der Waals surface area contributed by atoms with Gasteiger partial charge < -0.3 is 4.18 Å². The first kappa shape index (κ1) is 15.0. The summed E-state index contributed by atoms with van der Waals surface area (Å²) >= 11 is 0. The normalized spacial score (nSPS) is 11.1. The molecule has 5 nitrogen and oxygen atoms in total. The number of pyridine rings is 1. The third-order valence-electron chi connectivity index (χ3n) is 3.37. The smallest absolute Gasteiger partial charge is 0.339 e. The summed E-state index contributed by atoms with van der Waals surface area (Å²) in [4.78, 5) is 4.21. The second-order valence-corrected chi connectivity index (χ2v) is 6.48. The van der Waals surface area contributed by atoms with Crippen molar-refractivity contribution in [2.24, 2.45) is 0 Å². The lowest BCUT2D eigenvalue weighted by atomic mass is 10.2. The highest BCUT2D eigenvalue weighted by Gasteiger charge is 2.21. The van der Waals surface area contributed by atoms with Crippen molar-refractivity contribution in [3.63, 3.8) is 0 Å². The molecule has 0 aliphatic heterocycles. The molecule has 0 atom stereocenters. The van der Waals surface area contributed by atoms with Gasteiger partial charge in [-0.1, -0.05) is 18.2 Å². The van der Waals surface area contributed by atoms with E-state index in [1.165, 1.54) is 18.2 Å². The Bertz CT molecular complexity index is 1030. The number of aryl methyl sites for hydroxylation is 1. The zero-order valence-electron chi connectivity index (χ0n) is 12.2. The van der Waals surface area contributed by atoms with Crippen LogP contribution < -0.4 is 4.18 Å². The molecule has 2 aromatic carbocycles.